The Labute approximate surface area is 116 Å². The molecule has 1 aromatic heterocycles. The van der Waals surface area contributed by atoms with Crippen LogP contribution in [-0.4, -0.2) is 65.9 Å². The molecule has 0 bridgehead atoms. The zero-order valence-electron chi connectivity index (χ0n) is 12.6. The van der Waals surface area contributed by atoms with Crippen LogP contribution in [0.15, 0.2) is 12.4 Å². The van der Waals surface area contributed by atoms with Gasteiger partial charge in [-0.1, -0.05) is 6.92 Å². The molecule has 0 spiro atoms. The van der Waals surface area contributed by atoms with Crippen molar-refractivity contribution in [3.63, 3.8) is 0 Å². The number of aryl methyl sites for hydroxylation is 1. The fourth-order valence-electron chi connectivity index (χ4n) is 2.81. The molecule has 1 aliphatic heterocycles. The van der Waals surface area contributed by atoms with Crippen molar-refractivity contribution in [2.75, 3.05) is 40.3 Å². The van der Waals surface area contributed by atoms with Crippen molar-refractivity contribution < 1.29 is 0 Å². The van der Waals surface area contributed by atoms with Gasteiger partial charge in [0.1, 0.15) is 0 Å². The van der Waals surface area contributed by atoms with Gasteiger partial charge in [0, 0.05) is 44.0 Å². The third-order valence-electron chi connectivity index (χ3n) is 4.04. The minimum atomic E-state index is 0.359. The second-order valence-electron chi connectivity index (χ2n) is 5.47. The maximum Gasteiger partial charge on any atom is 0.0538 e. The van der Waals surface area contributed by atoms with E-state index in [1.807, 2.05) is 10.9 Å². The Balaban J connectivity index is 2.18. The molecule has 108 valence electrons. The molecule has 0 aliphatic carbocycles. The first-order chi connectivity index (χ1) is 9.15. The molecule has 19 heavy (non-hydrogen) atoms. The summed E-state index contributed by atoms with van der Waals surface area (Å²) >= 11 is 0. The fourth-order valence-corrected chi connectivity index (χ4v) is 2.81. The highest BCUT2D eigenvalue weighted by Crippen LogP contribution is 2.23. The van der Waals surface area contributed by atoms with Crippen LogP contribution in [0.3, 0.4) is 0 Å². The minimum Gasteiger partial charge on any atom is -0.309 e. The molecule has 0 saturated carbocycles. The van der Waals surface area contributed by atoms with E-state index in [1.54, 1.807) is 0 Å². The zero-order valence-corrected chi connectivity index (χ0v) is 12.6. The smallest absolute Gasteiger partial charge is 0.0538 e. The minimum absolute atomic E-state index is 0.359. The molecule has 1 N–H and O–H groups in total. The average molecular weight is 265 g/mol. The van der Waals surface area contributed by atoms with Gasteiger partial charge in [-0.15, -0.1) is 0 Å². The Kier molecular flexibility index (Phi) is 4.96. The summed E-state index contributed by atoms with van der Waals surface area (Å²) < 4.78 is 2.01. The van der Waals surface area contributed by atoms with Crippen LogP contribution in [0.4, 0.5) is 0 Å². The first-order valence-electron chi connectivity index (χ1n) is 7.30. The van der Waals surface area contributed by atoms with E-state index in [0.29, 0.717) is 12.1 Å². The van der Waals surface area contributed by atoms with Gasteiger partial charge in [0.15, 0.2) is 0 Å². The highest BCUT2D eigenvalue weighted by Gasteiger charge is 2.31. The summed E-state index contributed by atoms with van der Waals surface area (Å²) in [4.78, 5) is 4.88. The van der Waals surface area contributed by atoms with Crippen molar-refractivity contribution >= 4 is 0 Å². The number of rotatable bonds is 5. The quantitative estimate of drug-likeness (QED) is 0.854. The zero-order chi connectivity index (χ0) is 13.8. The van der Waals surface area contributed by atoms with Gasteiger partial charge in [-0.2, -0.15) is 5.10 Å². The third kappa shape index (κ3) is 3.35. The SMILES string of the molecule is CCNC(c1cnn(CC)c1)C1CN(C)CCN1C. The van der Waals surface area contributed by atoms with Crippen LogP contribution in [-0.2, 0) is 6.54 Å². The fraction of sp³-hybridized carbons (Fsp3) is 0.786. The van der Waals surface area contributed by atoms with Gasteiger partial charge in [-0.25, -0.2) is 0 Å². The largest absolute Gasteiger partial charge is 0.309 e. The molecule has 1 aromatic rings. The Hall–Kier alpha value is -0.910. The number of nitrogens with zero attached hydrogens (tertiary/aromatic N) is 4. The number of aromatic nitrogens is 2. The average Bonchev–Trinajstić information content (AvgIpc) is 2.88. The van der Waals surface area contributed by atoms with E-state index in [1.165, 1.54) is 5.56 Å². The second kappa shape index (κ2) is 6.50. The van der Waals surface area contributed by atoms with Crippen LogP contribution >= 0.6 is 0 Å². The van der Waals surface area contributed by atoms with Gasteiger partial charge >= 0.3 is 0 Å². The molecule has 1 saturated heterocycles. The van der Waals surface area contributed by atoms with Crippen molar-refractivity contribution in [2.24, 2.45) is 0 Å². The van der Waals surface area contributed by atoms with Gasteiger partial charge < -0.3 is 10.2 Å². The van der Waals surface area contributed by atoms with Crippen LogP contribution in [0.2, 0.25) is 0 Å². The number of likely N-dealkylation sites (N-methyl/N-ethyl adjacent to an activating group) is 3. The molecular weight excluding hydrogens is 238 g/mol. The molecule has 2 rings (SSSR count). The van der Waals surface area contributed by atoms with E-state index in [4.69, 9.17) is 0 Å². The molecule has 2 heterocycles. The van der Waals surface area contributed by atoms with Crippen molar-refractivity contribution in [3.8, 4) is 0 Å². The van der Waals surface area contributed by atoms with Crippen LogP contribution in [0.1, 0.15) is 25.5 Å². The van der Waals surface area contributed by atoms with Crippen molar-refractivity contribution in [1.82, 2.24) is 24.9 Å². The third-order valence-corrected chi connectivity index (χ3v) is 4.04. The predicted molar refractivity (Wildman–Crippen MR) is 78.2 cm³/mol. The predicted octanol–water partition coefficient (Wildman–Crippen LogP) is 0.799. The second-order valence-corrected chi connectivity index (χ2v) is 5.47. The van der Waals surface area contributed by atoms with Crippen LogP contribution in [0.5, 0.6) is 0 Å². The first kappa shape index (κ1) is 14.5. The van der Waals surface area contributed by atoms with E-state index < -0.39 is 0 Å². The molecule has 0 amide bonds. The normalized spacial score (nSPS) is 23.7. The lowest BCUT2D eigenvalue weighted by Crippen LogP contribution is -2.55. The molecule has 2 atom stereocenters. The van der Waals surface area contributed by atoms with Crippen molar-refractivity contribution in [1.29, 1.82) is 0 Å². The number of nitrogens with one attached hydrogen (secondary N) is 1. The summed E-state index contributed by atoms with van der Waals surface area (Å²) in [5, 5.41) is 8.06. The highest BCUT2D eigenvalue weighted by molar-refractivity contribution is 5.14. The van der Waals surface area contributed by atoms with Crippen LogP contribution < -0.4 is 5.32 Å². The molecule has 0 radical (unpaired) electrons. The maximum absolute atomic E-state index is 4.42. The molecule has 0 aromatic carbocycles. The Morgan fingerprint density at radius 2 is 2.16 bits per heavy atom. The molecule has 1 aliphatic rings. The summed E-state index contributed by atoms with van der Waals surface area (Å²) in [5.74, 6) is 0. The van der Waals surface area contributed by atoms with Crippen molar-refractivity contribution in [2.45, 2.75) is 32.5 Å². The van der Waals surface area contributed by atoms with Crippen molar-refractivity contribution in [3.05, 3.63) is 18.0 Å². The molecule has 5 nitrogen and oxygen atoms in total. The van der Waals surface area contributed by atoms with Gasteiger partial charge in [0.2, 0.25) is 0 Å². The molecule has 1 fully saturated rings. The summed E-state index contributed by atoms with van der Waals surface area (Å²) in [5.41, 5.74) is 1.30. The maximum atomic E-state index is 4.42. The summed E-state index contributed by atoms with van der Waals surface area (Å²) in [6.07, 6.45) is 4.19. The van der Waals surface area contributed by atoms with E-state index in [2.05, 4.69) is 54.4 Å². The van der Waals surface area contributed by atoms with Gasteiger partial charge in [0.05, 0.1) is 12.2 Å². The lowest BCUT2D eigenvalue weighted by molar-refractivity contribution is 0.0880. The number of hydrogen-bond donors (Lipinski definition) is 1. The standard InChI is InChI=1S/C14H27N5/c1-5-15-14(12-9-16-19(6-2)10-12)13-11-17(3)7-8-18(13)4/h9-10,13-15H,5-8,11H2,1-4H3. The topological polar surface area (TPSA) is 36.3 Å². The van der Waals surface area contributed by atoms with Crippen LogP contribution in [0, 0.1) is 0 Å². The van der Waals surface area contributed by atoms with E-state index in [0.717, 1.165) is 32.7 Å². The molecule has 2 unspecified atom stereocenters. The van der Waals surface area contributed by atoms with Gasteiger partial charge in [-0.3, -0.25) is 9.58 Å². The molecular formula is C14H27N5. The summed E-state index contributed by atoms with van der Waals surface area (Å²) in [7, 11) is 4.44. The monoisotopic (exact) mass is 265 g/mol. The van der Waals surface area contributed by atoms with Crippen LogP contribution in [0.25, 0.3) is 0 Å². The number of piperazine rings is 1. The van der Waals surface area contributed by atoms with E-state index in [-0.39, 0.29) is 0 Å². The summed E-state index contributed by atoms with van der Waals surface area (Å²) in [6.45, 7) is 9.59. The highest BCUT2D eigenvalue weighted by atomic mass is 15.3. The Morgan fingerprint density at radius 3 is 2.79 bits per heavy atom. The Morgan fingerprint density at radius 1 is 1.37 bits per heavy atom. The first-order valence-corrected chi connectivity index (χ1v) is 7.30. The summed E-state index contributed by atoms with van der Waals surface area (Å²) in [6, 6.07) is 0.867. The van der Waals surface area contributed by atoms with Gasteiger partial charge in [-0.05, 0) is 27.6 Å². The van der Waals surface area contributed by atoms with E-state index in [9.17, 15) is 0 Å². The number of hydrogen-bond acceptors (Lipinski definition) is 4. The molecule has 5 heteroatoms. The lowest BCUT2D eigenvalue weighted by atomic mass is 9.99. The lowest BCUT2D eigenvalue weighted by Gasteiger charge is -2.42. The van der Waals surface area contributed by atoms with Gasteiger partial charge in [0.25, 0.3) is 0 Å². The van der Waals surface area contributed by atoms with E-state index >= 15 is 0 Å². The Bertz CT molecular complexity index is 389.